The van der Waals surface area contributed by atoms with Gasteiger partial charge in [-0.3, -0.25) is 9.69 Å². The first kappa shape index (κ1) is 14.4. The summed E-state index contributed by atoms with van der Waals surface area (Å²) in [6.45, 7) is 3.22. The van der Waals surface area contributed by atoms with E-state index in [9.17, 15) is 4.79 Å². The van der Waals surface area contributed by atoms with E-state index in [1.54, 1.807) is 6.07 Å². The molecule has 2 aliphatic rings. The maximum atomic E-state index is 12.1. The van der Waals surface area contributed by atoms with Crippen molar-refractivity contribution in [3.05, 3.63) is 35.4 Å². The van der Waals surface area contributed by atoms with Crippen LogP contribution in [-0.4, -0.2) is 34.0 Å². The van der Waals surface area contributed by atoms with Crippen LogP contribution in [0.15, 0.2) is 21.1 Å². The summed E-state index contributed by atoms with van der Waals surface area (Å²) in [7, 11) is 0. The second-order valence-electron chi connectivity index (χ2n) is 6.26. The second-order valence-corrected chi connectivity index (χ2v) is 6.26. The Kier molecular flexibility index (Phi) is 3.87. The molecule has 1 amide bonds. The van der Waals surface area contributed by atoms with Gasteiger partial charge in [-0.05, 0) is 50.9 Å². The molecule has 3 heterocycles. The van der Waals surface area contributed by atoms with Crippen LogP contribution in [0.5, 0.6) is 0 Å². The average Bonchev–Trinajstić information content (AvgIpc) is 2.99. The summed E-state index contributed by atoms with van der Waals surface area (Å²) in [5.74, 6) is 2.50. The zero-order chi connectivity index (χ0) is 15.6. The van der Waals surface area contributed by atoms with Crippen LogP contribution < -0.4 is 5.32 Å². The fourth-order valence-electron chi connectivity index (χ4n) is 2.83. The van der Waals surface area contributed by atoms with Gasteiger partial charge in [-0.25, -0.2) is 0 Å². The van der Waals surface area contributed by atoms with E-state index in [4.69, 9.17) is 8.94 Å². The van der Waals surface area contributed by atoms with Crippen LogP contribution in [0.2, 0.25) is 0 Å². The molecule has 1 aliphatic heterocycles. The molecule has 0 bridgehead atoms. The number of amides is 1. The number of nitrogens with one attached hydrogen (secondary N) is 1. The van der Waals surface area contributed by atoms with Gasteiger partial charge in [-0.15, -0.1) is 0 Å². The molecule has 2 aromatic rings. The zero-order valence-electron chi connectivity index (χ0n) is 13.0. The molecule has 1 aliphatic carbocycles. The molecular weight excluding hydrogens is 296 g/mol. The van der Waals surface area contributed by atoms with Crippen molar-refractivity contribution in [2.45, 2.75) is 44.7 Å². The zero-order valence-corrected chi connectivity index (χ0v) is 13.0. The first-order valence-corrected chi connectivity index (χ1v) is 8.20. The molecule has 4 rings (SSSR count). The van der Waals surface area contributed by atoms with Crippen LogP contribution in [0.3, 0.4) is 0 Å². The quantitative estimate of drug-likeness (QED) is 0.878. The third-order valence-corrected chi connectivity index (χ3v) is 4.28. The minimum Gasteiger partial charge on any atom is -0.455 e. The van der Waals surface area contributed by atoms with E-state index < -0.39 is 0 Å². The molecule has 0 aromatic carbocycles. The minimum absolute atomic E-state index is 0.247. The van der Waals surface area contributed by atoms with Gasteiger partial charge in [0.2, 0.25) is 5.89 Å². The lowest BCUT2D eigenvalue weighted by atomic mass is 10.4. The van der Waals surface area contributed by atoms with Gasteiger partial charge in [0.25, 0.3) is 5.91 Å². The number of furan rings is 1. The van der Waals surface area contributed by atoms with E-state index in [0.717, 1.165) is 38.2 Å². The Morgan fingerprint density at radius 3 is 2.91 bits per heavy atom. The van der Waals surface area contributed by atoms with Gasteiger partial charge < -0.3 is 14.3 Å². The van der Waals surface area contributed by atoms with E-state index in [1.807, 2.05) is 6.07 Å². The molecule has 0 spiro atoms. The number of nitrogens with zero attached hydrogens (tertiary/aromatic N) is 3. The van der Waals surface area contributed by atoms with E-state index in [1.165, 1.54) is 12.8 Å². The minimum atomic E-state index is -0.254. The van der Waals surface area contributed by atoms with Gasteiger partial charge in [-0.2, -0.15) is 4.98 Å². The molecule has 23 heavy (non-hydrogen) atoms. The van der Waals surface area contributed by atoms with Gasteiger partial charge in [0.15, 0.2) is 11.6 Å². The van der Waals surface area contributed by atoms with Crippen molar-refractivity contribution in [3.63, 3.8) is 0 Å². The van der Waals surface area contributed by atoms with Crippen molar-refractivity contribution >= 4 is 5.91 Å². The molecule has 1 N–H and O–H groups in total. The lowest BCUT2D eigenvalue weighted by molar-refractivity contribution is 0.0918. The van der Waals surface area contributed by atoms with Crippen molar-refractivity contribution in [3.8, 4) is 0 Å². The van der Waals surface area contributed by atoms with E-state index >= 15 is 0 Å². The van der Waals surface area contributed by atoms with Crippen molar-refractivity contribution in [2.24, 2.45) is 0 Å². The number of carbonyl (C=O) groups is 1. The van der Waals surface area contributed by atoms with Gasteiger partial charge in [-0.1, -0.05) is 5.16 Å². The summed E-state index contributed by atoms with van der Waals surface area (Å²) >= 11 is 0. The molecule has 122 valence electrons. The predicted molar refractivity (Wildman–Crippen MR) is 80.7 cm³/mol. The van der Waals surface area contributed by atoms with E-state index in [-0.39, 0.29) is 12.5 Å². The Balaban J connectivity index is 1.30. The molecule has 7 nitrogen and oxygen atoms in total. The normalized spacial score (nSPS) is 18.4. The van der Waals surface area contributed by atoms with Crippen LogP contribution in [0.25, 0.3) is 0 Å². The molecular formula is C16H20N4O3. The van der Waals surface area contributed by atoms with E-state index in [0.29, 0.717) is 23.4 Å². The summed E-state index contributed by atoms with van der Waals surface area (Å²) in [4.78, 5) is 18.7. The predicted octanol–water partition coefficient (Wildman–Crippen LogP) is 2.07. The first-order valence-electron chi connectivity index (χ1n) is 8.20. The lowest BCUT2D eigenvalue weighted by Crippen LogP contribution is -2.23. The lowest BCUT2D eigenvalue weighted by Gasteiger charge is -2.11. The van der Waals surface area contributed by atoms with E-state index in [2.05, 4.69) is 20.4 Å². The van der Waals surface area contributed by atoms with Crippen molar-refractivity contribution < 1.29 is 13.7 Å². The Morgan fingerprint density at radius 2 is 2.13 bits per heavy atom. The second kappa shape index (κ2) is 6.16. The summed E-state index contributed by atoms with van der Waals surface area (Å²) in [6.07, 6.45) is 4.70. The Bertz CT molecular complexity index is 683. The monoisotopic (exact) mass is 316 g/mol. The smallest absolute Gasteiger partial charge is 0.287 e. The Morgan fingerprint density at radius 1 is 1.30 bits per heavy atom. The number of aromatic nitrogens is 2. The first-order chi connectivity index (χ1) is 11.3. The number of carbonyl (C=O) groups excluding carboxylic acids is 1. The Labute approximate surface area is 134 Å². The highest BCUT2D eigenvalue weighted by Crippen LogP contribution is 2.38. The third-order valence-electron chi connectivity index (χ3n) is 4.28. The molecule has 1 saturated heterocycles. The SMILES string of the molecule is O=C(NCc1noc(C2CC2)n1)c1ccc(CN2CCCC2)o1. The van der Waals surface area contributed by atoms with Crippen LogP contribution in [0, 0.1) is 0 Å². The van der Waals surface area contributed by atoms with Crippen LogP contribution in [0.4, 0.5) is 0 Å². The van der Waals surface area contributed by atoms with Crippen LogP contribution >= 0.6 is 0 Å². The molecule has 0 atom stereocenters. The largest absolute Gasteiger partial charge is 0.455 e. The number of hydrogen-bond acceptors (Lipinski definition) is 6. The van der Waals surface area contributed by atoms with Crippen molar-refractivity contribution in [1.82, 2.24) is 20.4 Å². The summed E-state index contributed by atoms with van der Waals surface area (Å²) in [5.41, 5.74) is 0. The van der Waals surface area contributed by atoms with Gasteiger partial charge >= 0.3 is 0 Å². The number of likely N-dealkylation sites (tertiary alicyclic amines) is 1. The third kappa shape index (κ3) is 3.44. The fourth-order valence-corrected chi connectivity index (χ4v) is 2.83. The average molecular weight is 316 g/mol. The van der Waals surface area contributed by atoms with Crippen LogP contribution in [0.1, 0.15) is 59.6 Å². The molecule has 2 fully saturated rings. The maximum absolute atomic E-state index is 12.1. The summed E-state index contributed by atoms with van der Waals surface area (Å²) in [6, 6.07) is 3.58. The molecule has 0 unspecified atom stereocenters. The molecule has 0 radical (unpaired) electrons. The highest BCUT2D eigenvalue weighted by atomic mass is 16.5. The standard InChI is InChI=1S/C16H20N4O3/c21-15(17-9-14-18-16(23-19-14)11-3-4-11)13-6-5-12(22-13)10-20-7-1-2-8-20/h5-6,11H,1-4,7-10H2,(H,17,21). The summed E-state index contributed by atoms with van der Waals surface area (Å²) < 4.78 is 10.8. The highest BCUT2D eigenvalue weighted by Gasteiger charge is 2.29. The fraction of sp³-hybridized carbons (Fsp3) is 0.562. The highest BCUT2D eigenvalue weighted by molar-refractivity contribution is 5.91. The molecule has 2 aromatic heterocycles. The molecule has 7 heteroatoms. The molecule has 1 saturated carbocycles. The Hall–Kier alpha value is -2.15. The topological polar surface area (TPSA) is 84.4 Å². The van der Waals surface area contributed by atoms with Gasteiger partial charge in [0, 0.05) is 5.92 Å². The summed E-state index contributed by atoms with van der Waals surface area (Å²) in [5, 5.41) is 6.64. The van der Waals surface area contributed by atoms with Gasteiger partial charge in [0.05, 0.1) is 13.1 Å². The number of rotatable bonds is 6. The van der Waals surface area contributed by atoms with Crippen LogP contribution in [-0.2, 0) is 13.1 Å². The number of hydrogen-bond donors (Lipinski definition) is 1. The van der Waals surface area contributed by atoms with Crippen molar-refractivity contribution in [2.75, 3.05) is 13.1 Å². The maximum Gasteiger partial charge on any atom is 0.287 e. The van der Waals surface area contributed by atoms with Crippen molar-refractivity contribution in [1.29, 1.82) is 0 Å². The van der Waals surface area contributed by atoms with Gasteiger partial charge in [0.1, 0.15) is 5.76 Å².